The van der Waals surface area contributed by atoms with Crippen molar-refractivity contribution < 1.29 is 24.2 Å². The summed E-state index contributed by atoms with van der Waals surface area (Å²) in [5.41, 5.74) is 1.80. The van der Waals surface area contributed by atoms with Crippen molar-refractivity contribution in [3.05, 3.63) is 102 Å². The number of hydrogen-bond donors (Lipinski definition) is 3. The van der Waals surface area contributed by atoms with Crippen LogP contribution in [-0.2, 0) is 13.0 Å². The number of aromatic nitrogens is 2. The minimum atomic E-state index is -1.06. The Bertz CT molecular complexity index is 1540. The van der Waals surface area contributed by atoms with Gasteiger partial charge in [-0.05, 0) is 37.0 Å². The molecule has 2 aromatic heterocycles. The maximum Gasteiger partial charge on any atom is 0.407 e. The van der Waals surface area contributed by atoms with Gasteiger partial charge in [-0.15, -0.1) is 0 Å². The number of benzene rings is 2. The lowest BCUT2D eigenvalue weighted by Gasteiger charge is -2.42. The zero-order valence-electron chi connectivity index (χ0n) is 24.7. The highest BCUT2D eigenvalue weighted by Gasteiger charge is 2.42. The Morgan fingerprint density at radius 2 is 1.77 bits per heavy atom. The van der Waals surface area contributed by atoms with E-state index < -0.39 is 11.7 Å². The Morgan fingerprint density at radius 3 is 2.50 bits per heavy atom. The second-order valence-electron chi connectivity index (χ2n) is 11.8. The minimum absolute atomic E-state index is 0.223. The third kappa shape index (κ3) is 6.27. The number of nitrogens with one attached hydrogen (secondary N) is 1. The van der Waals surface area contributed by atoms with Crippen LogP contribution in [0, 0.1) is 0 Å². The van der Waals surface area contributed by atoms with Crippen molar-refractivity contribution in [3.8, 4) is 11.3 Å². The predicted molar refractivity (Wildman–Crippen MR) is 165 cm³/mol. The van der Waals surface area contributed by atoms with Crippen molar-refractivity contribution in [1.29, 1.82) is 0 Å². The number of imidazole rings is 1. The van der Waals surface area contributed by atoms with E-state index in [1.807, 2.05) is 77.4 Å². The molecular weight excluding hydrogens is 558 g/mol. The lowest BCUT2D eigenvalue weighted by atomic mass is 9.79. The van der Waals surface area contributed by atoms with E-state index in [1.54, 1.807) is 17.5 Å². The summed E-state index contributed by atoms with van der Waals surface area (Å²) in [7, 11) is 0. The van der Waals surface area contributed by atoms with Gasteiger partial charge in [-0.25, -0.2) is 9.78 Å². The molecule has 2 aromatic carbocycles. The average Bonchev–Trinajstić information content (AvgIpc) is 3.72. The van der Waals surface area contributed by atoms with E-state index in [2.05, 4.69) is 5.32 Å². The van der Waals surface area contributed by atoms with Crippen molar-refractivity contribution in [2.75, 3.05) is 26.2 Å². The Kier molecular flexibility index (Phi) is 8.81. The highest BCUT2D eigenvalue weighted by Crippen LogP contribution is 2.41. The number of furan rings is 1. The summed E-state index contributed by atoms with van der Waals surface area (Å²) in [6, 6.07) is 22.7. The van der Waals surface area contributed by atoms with Crippen LogP contribution in [-0.4, -0.2) is 79.4 Å². The van der Waals surface area contributed by atoms with Gasteiger partial charge in [0.25, 0.3) is 5.91 Å². The molecule has 0 bridgehead atoms. The van der Waals surface area contributed by atoms with E-state index in [0.29, 0.717) is 37.3 Å². The van der Waals surface area contributed by atoms with Crippen molar-refractivity contribution in [2.45, 2.75) is 56.3 Å². The number of carbonyl (C=O) groups excluding carboxylic acids is 1. The lowest BCUT2D eigenvalue weighted by molar-refractivity contribution is -0.0399. The second-order valence-corrected chi connectivity index (χ2v) is 11.8. The number of amides is 2. The first-order valence-electron chi connectivity index (χ1n) is 15.3. The molecule has 3 heterocycles. The SMILES string of the molecule is O=C(O)N1CCN(C(=O)c2ncn(C3CCCCC3(O)CNCc3ccco3)c2-c2ccccc2)[C@H](Cc2ccccc2)C1. The summed E-state index contributed by atoms with van der Waals surface area (Å²) in [6.07, 6.45) is 6.11. The molecule has 2 amide bonds. The number of rotatable bonds is 9. The first-order chi connectivity index (χ1) is 21.4. The van der Waals surface area contributed by atoms with E-state index in [9.17, 15) is 19.8 Å². The monoisotopic (exact) mass is 597 g/mol. The fraction of sp³-hybridized carbons (Fsp3) is 0.382. The fourth-order valence-corrected chi connectivity index (χ4v) is 6.75. The second kappa shape index (κ2) is 13.1. The van der Waals surface area contributed by atoms with Crippen LogP contribution in [0.15, 0.2) is 89.8 Å². The van der Waals surface area contributed by atoms with Crippen LogP contribution in [0.25, 0.3) is 11.3 Å². The van der Waals surface area contributed by atoms with E-state index >= 15 is 0 Å². The normalized spacial score (nSPS) is 22.2. The predicted octanol–water partition coefficient (Wildman–Crippen LogP) is 4.83. The van der Waals surface area contributed by atoms with E-state index in [4.69, 9.17) is 9.40 Å². The number of carboxylic acid groups (broad SMARTS) is 1. The van der Waals surface area contributed by atoms with Crippen molar-refractivity contribution in [1.82, 2.24) is 24.7 Å². The molecule has 44 heavy (non-hydrogen) atoms. The van der Waals surface area contributed by atoms with Crippen molar-refractivity contribution in [3.63, 3.8) is 0 Å². The Morgan fingerprint density at radius 1 is 1.00 bits per heavy atom. The lowest BCUT2D eigenvalue weighted by Crippen LogP contribution is -2.57. The van der Waals surface area contributed by atoms with Crippen LogP contribution in [0.2, 0.25) is 0 Å². The molecule has 3 N–H and O–H groups in total. The minimum Gasteiger partial charge on any atom is -0.468 e. The van der Waals surface area contributed by atoms with Gasteiger partial charge in [0.15, 0.2) is 5.69 Å². The summed E-state index contributed by atoms with van der Waals surface area (Å²) >= 11 is 0. The van der Waals surface area contributed by atoms with Crippen LogP contribution >= 0.6 is 0 Å². The number of piperazine rings is 1. The van der Waals surface area contributed by atoms with Gasteiger partial charge < -0.3 is 34.3 Å². The number of carbonyl (C=O) groups is 2. The third-order valence-electron chi connectivity index (χ3n) is 8.98. The quantitative estimate of drug-likeness (QED) is 0.253. The van der Waals surface area contributed by atoms with Crippen LogP contribution in [0.1, 0.15) is 53.5 Å². The van der Waals surface area contributed by atoms with Gasteiger partial charge in [-0.2, -0.15) is 0 Å². The Hall–Kier alpha value is -4.41. The van der Waals surface area contributed by atoms with Crippen molar-refractivity contribution >= 4 is 12.0 Å². The highest BCUT2D eigenvalue weighted by atomic mass is 16.4. The smallest absolute Gasteiger partial charge is 0.407 e. The molecule has 10 heteroatoms. The summed E-state index contributed by atoms with van der Waals surface area (Å²) in [4.78, 5) is 34.2. The molecule has 1 aliphatic carbocycles. The van der Waals surface area contributed by atoms with Gasteiger partial charge in [0.1, 0.15) is 5.76 Å². The molecule has 3 atom stereocenters. The molecular formula is C34H39N5O5. The Balaban J connectivity index is 1.33. The maximum atomic E-state index is 14.4. The van der Waals surface area contributed by atoms with Gasteiger partial charge in [-0.1, -0.05) is 73.5 Å². The highest BCUT2D eigenvalue weighted by molar-refractivity contribution is 5.98. The zero-order valence-corrected chi connectivity index (χ0v) is 24.7. The molecule has 2 unspecified atom stereocenters. The van der Waals surface area contributed by atoms with Gasteiger partial charge in [0.2, 0.25) is 0 Å². The summed E-state index contributed by atoms with van der Waals surface area (Å²) in [5, 5.41) is 25.2. The van der Waals surface area contributed by atoms with Crippen LogP contribution in [0.5, 0.6) is 0 Å². The van der Waals surface area contributed by atoms with Crippen LogP contribution in [0.4, 0.5) is 4.79 Å². The molecule has 6 rings (SSSR count). The molecule has 10 nitrogen and oxygen atoms in total. The molecule has 230 valence electrons. The molecule has 4 aromatic rings. The van der Waals surface area contributed by atoms with Gasteiger partial charge in [0.05, 0.1) is 42.5 Å². The Labute approximate surface area is 256 Å². The first-order valence-corrected chi connectivity index (χ1v) is 15.3. The van der Waals surface area contributed by atoms with E-state index in [1.165, 1.54) is 4.90 Å². The van der Waals surface area contributed by atoms with Crippen LogP contribution in [0.3, 0.4) is 0 Å². The van der Waals surface area contributed by atoms with Crippen molar-refractivity contribution in [2.24, 2.45) is 0 Å². The van der Waals surface area contributed by atoms with Gasteiger partial charge >= 0.3 is 6.09 Å². The molecule has 1 saturated heterocycles. The number of nitrogens with zero attached hydrogens (tertiary/aromatic N) is 4. The molecule has 1 saturated carbocycles. The standard InChI is InChI=1S/C34H39N5O5/c40-32(38-18-17-37(33(41)42)22-27(38)20-25-10-3-1-4-11-25)30-31(26-12-5-2-6-13-26)39(24-36-30)29-15-7-8-16-34(29,43)23-35-21-28-14-9-19-44-28/h1-6,9-14,19,24,27,29,35,43H,7-8,15-18,20-23H2,(H,41,42)/t27-,29?,34?/m1/s1. The topological polar surface area (TPSA) is 124 Å². The molecule has 1 aliphatic heterocycles. The number of aliphatic hydroxyl groups is 1. The van der Waals surface area contributed by atoms with E-state index in [0.717, 1.165) is 36.1 Å². The van der Waals surface area contributed by atoms with E-state index in [-0.39, 0.29) is 37.6 Å². The first kappa shape index (κ1) is 29.7. The van der Waals surface area contributed by atoms with Gasteiger partial charge in [-0.3, -0.25) is 4.79 Å². The third-order valence-corrected chi connectivity index (χ3v) is 8.98. The molecule has 0 spiro atoms. The molecule has 2 aliphatic rings. The average molecular weight is 598 g/mol. The summed E-state index contributed by atoms with van der Waals surface area (Å²) < 4.78 is 7.46. The fourth-order valence-electron chi connectivity index (χ4n) is 6.75. The zero-order chi connectivity index (χ0) is 30.5. The number of hydrogen-bond acceptors (Lipinski definition) is 6. The summed E-state index contributed by atoms with van der Waals surface area (Å²) in [6.45, 7) is 1.60. The molecule has 0 radical (unpaired) electrons. The largest absolute Gasteiger partial charge is 0.468 e. The molecule has 2 fully saturated rings. The maximum absolute atomic E-state index is 14.4. The van der Waals surface area contributed by atoms with Gasteiger partial charge in [0, 0.05) is 31.7 Å². The van der Waals surface area contributed by atoms with Crippen LogP contribution < -0.4 is 5.32 Å². The summed E-state index contributed by atoms with van der Waals surface area (Å²) in [5.74, 6) is 0.568.